The Kier molecular flexibility index (Phi) is 1.11. The lowest BCUT2D eigenvalue weighted by Gasteiger charge is -1.80. The minimum Gasteiger partial charge on any atom is -0.243 e. The zero-order valence-electron chi connectivity index (χ0n) is 3.02. The van der Waals surface area contributed by atoms with Crippen LogP contribution in [0, 0.1) is 0 Å². The van der Waals surface area contributed by atoms with Crippen LogP contribution in [0.25, 0.3) is 0 Å². The molecule has 0 N–H and O–H groups in total. The van der Waals surface area contributed by atoms with Crippen molar-refractivity contribution in [3.8, 4) is 0 Å². The molecule has 0 radical (unpaired) electrons. The van der Waals surface area contributed by atoms with E-state index in [2.05, 4.69) is 12.6 Å². The molecule has 0 atom stereocenters. The smallest absolute Gasteiger partial charge is 0.0182 e. The summed E-state index contributed by atoms with van der Waals surface area (Å²) < 4.78 is 0. The Morgan fingerprint density at radius 3 is 2.20 bits per heavy atom. The van der Waals surface area contributed by atoms with Crippen molar-refractivity contribution in [2.24, 2.45) is 0 Å². The second-order valence-electron chi connectivity index (χ2n) is 1.26. The van der Waals surface area contributed by atoms with E-state index in [0.29, 0.717) is 10.9 Å². The van der Waals surface area contributed by atoms with Gasteiger partial charge in [-0.05, 0) is 11.5 Å². The van der Waals surface area contributed by atoms with Crippen molar-refractivity contribution in [3.63, 3.8) is 0 Å². The fourth-order valence-electron chi connectivity index (χ4n) is 0.212. The van der Waals surface area contributed by atoms with Crippen LogP contribution >= 0.6 is 23.5 Å². The summed E-state index contributed by atoms with van der Waals surface area (Å²) in [4.78, 5) is 0. The van der Waals surface area contributed by atoms with Gasteiger partial charge < -0.3 is 0 Å². The lowest BCUT2D eigenvalue weighted by atomic mass is 11.0. The molecule has 0 aromatic rings. The molecule has 1 rings (SSSR count). The van der Waals surface area contributed by atoms with Crippen molar-refractivity contribution in [2.75, 3.05) is 16.6 Å². The van der Waals surface area contributed by atoms with Crippen LogP contribution in [0.4, 0.5) is 0 Å². The monoisotopic (exact) mass is 108 g/mol. The van der Waals surface area contributed by atoms with Gasteiger partial charge in [0.05, 0.1) is 0 Å². The van der Waals surface area contributed by atoms with Gasteiger partial charge in [-0.15, -0.1) is 0 Å². The van der Waals surface area contributed by atoms with E-state index in [4.69, 9.17) is 0 Å². The van der Waals surface area contributed by atoms with Gasteiger partial charge >= 0.3 is 0 Å². The third kappa shape index (κ3) is 1.05. The molecule has 1 saturated heterocycles. The van der Waals surface area contributed by atoms with E-state index >= 15 is 0 Å². The van der Waals surface area contributed by atoms with E-state index in [9.17, 15) is 0 Å². The average molecular weight is 108 g/mol. The summed E-state index contributed by atoms with van der Waals surface area (Å²) >= 11 is 4.11. The van der Waals surface area contributed by atoms with Crippen molar-refractivity contribution in [3.05, 3.63) is 0 Å². The van der Waals surface area contributed by atoms with Gasteiger partial charge in [0.1, 0.15) is 0 Å². The number of thiol groups is 2. The number of hydrogen-bond donors (Lipinski definition) is 2. The second kappa shape index (κ2) is 1.43. The standard InChI is InChI=1S/C3H8S2/c4-3-5-1-2-5/h4-5H,1-3H2. The van der Waals surface area contributed by atoms with E-state index in [-0.39, 0.29) is 0 Å². The van der Waals surface area contributed by atoms with Gasteiger partial charge in [0.25, 0.3) is 0 Å². The van der Waals surface area contributed by atoms with Crippen molar-refractivity contribution < 1.29 is 0 Å². The highest BCUT2D eigenvalue weighted by molar-refractivity contribution is 8.28. The molecular weight excluding hydrogens is 100 g/mol. The molecule has 1 aliphatic rings. The molecule has 0 saturated carbocycles. The van der Waals surface area contributed by atoms with E-state index in [1.54, 1.807) is 0 Å². The number of hydrogen-bond acceptors (Lipinski definition) is 1. The normalized spacial score (nSPS) is 27.0. The van der Waals surface area contributed by atoms with Gasteiger partial charge in [0.2, 0.25) is 0 Å². The van der Waals surface area contributed by atoms with Crippen LogP contribution < -0.4 is 0 Å². The fourth-order valence-corrected chi connectivity index (χ4v) is 1.91. The molecule has 32 valence electrons. The summed E-state index contributed by atoms with van der Waals surface area (Å²) in [5.41, 5.74) is 0. The van der Waals surface area contributed by atoms with E-state index in [0.717, 1.165) is 0 Å². The summed E-state index contributed by atoms with van der Waals surface area (Å²) in [5.74, 6) is 3.00. The van der Waals surface area contributed by atoms with Crippen LogP contribution in [0.5, 0.6) is 0 Å². The van der Waals surface area contributed by atoms with Gasteiger partial charge in [-0.2, -0.15) is 12.6 Å². The molecule has 0 spiro atoms. The molecule has 0 unspecified atom stereocenters. The summed E-state index contributed by atoms with van der Waals surface area (Å²) in [7, 11) is 0.516. The van der Waals surface area contributed by atoms with Crippen molar-refractivity contribution in [1.29, 1.82) is 0 Å². The van der Waals surface area contributed by atoms with Crippen LogP contribution in [0.15, 0.2) is 0 Å². The lowest BCUT2D eigenvalue weighted by Crippen LogP contribution is -1.48. The number of rotatable bonds is 1. The Morgan fingerprint density at radius 1 is 1.60 bits per heavy atom. The lowest BCUT2D eigenvalue weighted by molar-refractivity contribution is 1.75. The Labute approximate surface area is 40.7 Å². The van der Waals surface area contributed by atoms with Gasteiger partial charge in [-0.3, -0.25) is 0 Å². The van der Waals surface area contributed by atoms with Gasteiger partial charge in [0.15, 0.2) is 0 Å². The zero-order chi connectivity index (χ0) is 3.70. The first kappa shape index (κ1) is 3.88. The minimum atomic E-state index is 0.516. The zero-order valence-corrected chi connectivity index (χ0v) is 4.80. The topological polar surface area (TPSA) is 0 Å². The largest absolute Gasteiger partial charge is 0.243 e. The molecule has 0 amide bonds. The highest BCUT2D eigenvalue weighted by Gasteiger charge is 2.12. The minimum absolute atomic E-state index is 0.516. The molecule has 1 fully saturated rings. The molecule has 1 heterocycles. The van der Waals surface area contributed by atoms with Crippen LogP contribution in [0.3, 0.4) is 0 Å². The van der Waals surface area contributed by atoms with Crippen LogP contribution in [0.2, 0.25) is 0 Å². The predicted molar refractivity (Wildman–Crippen MR) is 32.6 cm³/mol. The molecule has 0 nitrogen and oxygen atoms in total. The Balaban J connectivity index is 2.00. The third-order valence-electron chi connectivity index (χ3n) is 0.740. The van der Waals surface area contributed by atoms with Crippen LogP contribution in [-0.2, 0) is 0 Å². The van der Waals surface area contributed by atoms with Gasteiger partial charge in [-0.25, -0.2) is 10.9 Å². The third-order valence-corrected chi connectivity index (χ3v) is 3.42. The van der Waals surface area contributed by atoms with E-state index < -0.39 is 0 Å². The molecular formula is C3H8S2. The van der Waals surface area contributed by atoms with Crippen LogP contribution in [0.1, 0.15) is 0 Å². The molecule has 5 heavy (non-hydrogen) atoms. The summed E-state index contributed by atoms with van der Waals surface area (Å²) in [5, 5.41) is 1.18. The summed E-state index contributed by atoms with van der Waals surface area (Å²) in [6.07, 6.45) is 0. The predicted octanol–water partition coefficient (Wildman–Crippen LogP) is 0.888. The Morgan fingerprint density at radius 2 is 2.20 bits per heavy atom. The maximum absolute atomic E-state index is 4.11. The first-order valence-corrected chi connectivity index (χ1v) is 4.29. The SMILES string of the molecule is SC[SH]1CC1. The highest BCUT2D eigenvalue weighted by atomic mass is 32.2. The Hall–Kier alpha value is 0.700. The van der Waals surface area contributed by atoms with Crippen molar-refractivity contribution in [2.45, 2.75) is 0 Å². The first-order valence-electron chi connectivity index (χ1n) is 1.76. The Bertz CT molecular complexity index is 31.9. The first-order chi connectivity index (χ1) is 2.43. The summed E-state index contributed by atoms with van der Waals surface area (Å²) in [6.45, 7) is 0. The van der Waals surface area contributed by atoms with Gasteiger partial charge in [0, 0.05) is 5.08 Å². The second-order valence-corrected chi connectivity index (χ2v) is 4.63. The van der Waals surface area contributed by atoms with Gasteiger partial charge in [-0.1, -0.05) is 0 Å². The quantitative estimate of drug-likeness (QED) is 0.362. The molecule has 0 aromatic carbocycles. The average Bonchev–Trinajstić information content (AvgIpc) is 2.12. The van der Waals surface area contributed by atoms with Crippen LogP contribution in [-0.4, -0.2) is 16.6 Å². The summed E-state index contributed by atoms with van der Waals surface area (Å²) in [6, 6.07) is 0. The highest BCUT2D eigenvalue weighted by Crippen LogP contribution is 2.40. The maximum atomic E-state index is 4.11. The van der Waals surface area contributed by atoms with E-state index in [1.165, 1.54) is 16.6 Å². The fraction of sp³-hybridized carbons (Fsp3) is 1.00. The van der Waals surface area contributed by atoms with Crippen molar-refractivity contribution in [1.82, 2.24) is 0 Å². The maximum Gasteiger partial charge on any atom is 0.0182 e. The molecule has 0 aliphatic carbocycles. The van der Waals surface area contributed by atoms with Crippen molar-refractivity contribution >= 4 is 23.5 Å². The van der Waals surface area contributed by atoms with E-state index in [1.807, 2.05) is 0 Å². The molecule has 1 aliphatic heterocycles. The molecule has 2 heteroatoms. The molecule has 0 bridgehead atoms. The molecule has 0 aromatic heterocycles.